The number of ether oxygens (including phenoxy) is 1. The van der Waals surface area contributed by atoms with E-state index < -0.39 is 21.6 Å². The Morgan fingerprint density at radius 3 is 2.32 bits per heavy atom. The Kier molecular flexibility index (Phi) is 5.59. The summed E-state index contributed by atoms with van der Waals surface area (Å²) in [5.74, 6) is 0.235. The molecular formula is C15H24N2O4S. The van der Waals surface area contributed by atoms with Gasteiger partial charge in [0.2, 0.25) is 15.9 Å². The van der Waals surface area contributed by atoms with E-state index in [1.165, 1.54) is 26.2 Å². The number of amides is 1. The smallest absolute Gasteiger partial charge is 0.241 e. The number of carbonyl (C=O) groups is 1. The molecule has 22 heavy (non-hydrogen) atoms. The molecule has 0 radical (unpaired) electrons. The van der Waals surface area contributed by atoms with Crippen molar-refractivity contribution in [2.45, 2.75) is 51.1 Å². The zero-order chi connectivity index (χ0) is 17.1. The molecule has 0 saturated carbocycles. The minimum absolute atomic E-state index is 0.0983. The molecule has 2 N–H and O–H groups in total. The Morgan fingerprint density at radius 1 is 1.27 bits per heavy atom. The summed E-state index contributed by atoms with van der Waals surface area (Å²) in [6.45, 7) is 8.76. The van der Waals surface area contributed by atoms with Crippen LogP contribution < -0.4 is 14.8 Å². The van der Waals surface area contributed by atoms with Crippen molar-refractivity contribution in [2.24, 2.45) is 0 Å². The molecule has 0 spiro atoms. The number of carbonyl (C=O) groups excluding carboxylic acids is 1. The van der Waals surface area contributed by atoms with Crippen molar-refractivity contribution >= 4 is 15.9 Å². The van der Waals surface area contributed by atoms with Gasteiger partial charge in [-0.2, -0.15) is 4.72 Å². The van der Waals surface area contributed by atoms with Crippen molar-refractivity contribution in [3.63, 3.8) is 0 Å². The first kappa shape index (κ1) is 18.4. The molecule has 7 heteroatoms. The van der Waals surface area contributed by atoms with Gasteiger partial charge in [-0.3, -0.25) is 4.79 Å². The van der Waals surface area contributed by atoms with Crippen LogP contribution in [-0.4, -0.2) is 33.0 Å². The zero-order valence-corrected chi connectivity index (χ0v) is 14.7. The summed E-state index contributed by atoms with van der Waals surface area (Å²) < 4.78 is 32.2. The molecule has 1 rings (SSSR count). The second kappa shape index (κ2) is 6.66. The lowest BCUT2D eigenvalue weighted by molar-refractivity contribution is -0.123. The first-order valence-electron chi connectivity index (χ1n) is 6.95. The maximum atomic E-state index is 12.3. The Balaban J connectivity index is 2.91. The van der Waals surface area contributed by atoms with Gasteiger partial charge in [0, 0.05) is 5.54 Å². The summed E-state index contributed by atoms with van der Waals surface area (Å²) in [5, 5.41) is 2.74. The van der Waals surface area contributed by atoms with Gasteiger partial charge in [-0.15, -0.1) is 0 Å². The highest BCUT2D eigenvalue weighted by Crippen LogP contribution is 2.21. The van der Waals surface area contributed by atoms with Crippen LogP contribution in [0.15, 0.2) is 23.1 Å². The van der Waals surface area contributed by atoms with E-state index in [4.69, 9.17) is 4.74 Å². The van der Waals surface area contributed by atoms with Crippen LogP contribution in [0.2, 0.25) is 0 Å². The van der Waals surface area contributed by atoms with Crippen molar-refractivity contribution < 1.29 is 17.9 Å². The largest absolute Gasteiger partial charge is 0.496 e. The molecule has 0 aliphatic carbocycles. The summed E-state index contributed by atoms with van der Waals surface area (Å²) in [4.78, 5) is 12.1. The molecule has 1 unspecified atom stereocenters. The number of methoxy groups -OCH3 is 1. The predicted octanol–water partition coefficient (Wildman–Crippen LogP) is 1.59. The molecule has 124 valence electrons. The van der Waals surface area contributed by atoms with Crippen LogP contribution in [0.25, 0.3) is 0 Å². The van der Waals surface area contributed by atoms with E-state index in [2.05, 4.69) is 10.0 Å². The van der Waals surface area contributed by atoms with Crippen molar-refractivity contribution in [1.29, 1.82) is 0 Å². The Bertz CT molecular complexity index is 648. The highest BCUT2D eigenvalue weighted by atomic mass is 32.2. The average molecular weight is 328 g/mol. The quantitative estimate of drug-likeness (QED) is 0.859. The van der Waals surface area contributed by atoms with E-state index in [-0.39, 0.29) is 10.8 Å². The van der Waals surface area contributed by atoms with Gasteiger partial charge in [0.15, 0.2) is 0 Å². The predicted molar refractivity (Wildman–Crippen MR) is 85.4 cm³/mol. The third kappa shape index (κ3) is 4.99. The van der Waals surface area contributed by atoms with Gasteiger partial charge >= 0.3 is 0 Å². The normalized spacial score (nSPS) is 13.5. The van der Waals surface area contributed by atoms with Gasteiger partial charge in [-0.25, -0.2) is 8.42 Å². The van der Waals surface area contributed by atoms with E-state index in [9.17, 15) is 13.2 Å². The van der Waals surface area contributed by atoms with E-state index >= 15 is 0 Å². The topological polar surface area (TPSA) is 84.5 Å². The van der Waals surface area contributed by atoms with Gasteiger partial charge in [0.1, 0.15) is 5.75 Å². The molecule has 6 nitrogen and oxygen atoms in total. The third-order valence-electron chi connectivity index (χ3n) is 2.90. The standard InChI is InChI=1S/C15H24N2O4S/c1-10-9-12(7-8-13(10)21-6)22(19,20)17-11(2)14(18)16-15(3,4)5/h7-9,11,17H,1-6H3,(H,16,18). The fourth-order valence-corrected chi connectivity index (χ4v) is 3.14. The number of aryl methyl sites for hydroxylation is 1. The van der Waals surface area contributed by atoms with Gasteiger partial charge in [0.05, 0.1) is 18.0 Å². The van der Waals surface area contributed by atoms with Crippen molar-refractivity contribution in [3.05, 3.63) is 23.8 Å². The minimum Gasteiger partial charge on any atom is -0.496 e. The number of benzene rings is 1. The highest BCUT2D eigenvalue weighted by molar-refractivity contribution is 7.89. The fourth-order valence-electron chi connectivity index (χ4n) is 1.85. The monoisotopic (exact) mass is 328 g/mol. The number of hydrogen-bond acceptors (Lipinski definition) is 4. The van der Waals surface area contributed by atoms with E-state index in [1.54, 1.807) is 13.0 Å². The number of hydrogen-bond donors (Lipinski definition) is 2. The summed E-state index contributed by atoms with van der Waals surface area (Å²) in [6.07, 6.45) is 0. The molecule has 0 aliphatic rings. The molecule has 1 atom stereocenters. The van der Waals surface area contributed by atoms with Gasteiger partial charge in [-0.1, -0.05) is 0 Å². The SMILES string of the molecule is COc1ccc(S(=O)(=O)NC(C)C(=O)NC(C)(C)C)cc1C. The van der Waals surface area contributed by atoms with Crippen LogP contribution in [-0.2, 0) is 14.8 Å². The summed E-state index contributed by atoms with van der Waals surface area (Å²) in [5.41, 5.74) is 0.283. The van der Waals surface area contributed by atoms with Crippen LogP contribution in [0.3, 0.4) is 0 Å². The van der Waals surface area contributed by atoms with Gasteiger partial charge in [0.25, 0.3) is 0 Å². The van der Waals surface area contributed by atoms with Crippen LogP contribution in [0, 0.1) is 6.92 Å². The van der Waals surface area contributed by atoms with Crippen LogP contribution >= 0.6 is 0 Å². The zero-order valence-electron chi connectivity index (χ0n) is 13.9. The highest BCUT2D eigenvalue weighted by Gasteiger charge is 2.25. The first-order chi connectivity index (χ1) is 9.96. The van der Waals surface area contributed by atoms with Crippen molar-refractivity contribution in [1.82, 2.24) is 10.0 Å². The van der Waals surface area contributed by atoms with E-state index in [0.29, 0.717) is 11.3 Å². The summed E-state index contributed by atoms with van der Waals surface area (Å²) >= 11 is 0. The van der Waals surface area contributed by atoms with Crippen LogP contribution in [0.4, 0.5) is 0 Å². The van der Waals surface area contributed by atoms with Gasteiger partial charge < -0.3 is 10.1 Å². The molecule has 0 saturated heterocycles. The third-order valence-corrected chi connectivity index (χ3v) is 4.44. The number of sulfonamides is 1. The Morgan fingerprint density at radius 2 is 1.86 bits per heavy atom. The molecular weight excluding hydrogens is 304 g/mol. The van der Waals surface area contributed by atoms with E-state index in [0.717, 1.165) is 0 Å². The fraction of sp³-hybridized carbons (Fsp3) is 0.533. The minimum atomic E-state index is -3.77. The van der Waals surface area contributed by atoms with Crippen molar-refractivity contribution in [2.75, 3.05) is 7.11 Å². The molecule has 1 aromatic carbocycles. The first-order valence-corrected chi connectivity index (χ1v) is 8.43. The number of nitrogens with one attached hydrogen (secondary N) is 2. The summed E-state index contributed by atoms with van der Waals surface area (Å²) in [6, 6.07) is 3.67. The molecule has 0 bridgehead atoms. The maximum Gasteiger partial charge on any atom is 0.241 e. The lowest BCUT2D eigenvalue weighted by Gasteiger charge is -2.23. The lowest BCUT2D eigenvalue weighted by atomic mass is 10.1. The van der Waals surface area contributed by atoms with E-state index in [1.807, 2.05) is 20.8 Å². The van der Waals surface area contributed by atoms with Crippen molar-refractivity contribution in [3.8, 4) is 5.75 Å². The number of rotatable bonds is 5. The summed E-state index contributed by atoms with van der Waals surface area (Å²) in [7, 11) is -2.25. The molecule has 1 aromatic rings. The Labute approximate surface area is 132 Å². The van der Waals surface area contributed by atoms with Gasteiger partial charge in [-0.05, 0) is 58.4 Å². The maximum absolute atomic E-state index is 12.3. The molecule has 0 heterocycles. The van der Waals surface area contributed by atoms with Crippen LogP contribution in [0.5, 0.6) is 5.75 Å². The second-order valence-corrected chi connectivity index (χ2v) is 7.93. The Hall–Kier alpha value is -1.60. The molecule has 0 fully saturated rings. The molecule has 0 aromatic heterocycles. The second-order valence-electron chi connectivity index (χ2n) is 6.21. The van der Waals surface area contributed by atoms with Crippen LogP contribution in [0.1, 0.15) is 33.3 Å². The average Bonchev–Trinajstić information content (AvgIpc) is 2.36. The molecule has 1 amide bonds. The lowest BCUT2D eigenvalue weighted by Crippen LogP contribution is -2.50. The molecule has 0 aliphatic heterocycles.